The van der Waals surface area contributed by atoms with E-state index < -0.39 is 0 Å². The number of hydrogen-bond acceptors (Lipinski definition) is 5. The van der Waals surface area contributed by atoms with Crippen LogP contribution < -0.4 is 0 Å². The Kier molecular flexibility index (Phi) is 7.00. The Hall–Kier alpha value is -6.95. The summed E-state index contributed by atoms with van der Waals surface area (Å²) >= 11 is 1.79. The minimum absolute atomic E-state index is 0.589. The summed E-state index contributed by atoms with van der Waals surface area (Å²) in [5.41, 5.74) is 8.97. The van der Waals surface area contributed by atoms with E-state index in [1.54, 1.807) is 11.3 Å². The van der Waals surface area contributed by atoms with Crippen LogP contribution in [0, 0.1) is 0 Å². The molecule has 0 amide bonds. The van der Waals surface area contributed by atoms with Gasteiger partial charge < -0.3 is 4.42 Å². The highest BCUT2D eigenvalue weighted by atomic mass is 32.1. The molecule has 0 radical (unpaired) electrons. The molecule has 11 rings (SSSR count). The molecule has 0 aliphatic rings. The Bertz CT molecular complexity index is 3220. The molecule has 0 N–H and O–H groups in total. The third kappa shape index (κ3) is 5.09. The van der Waals surface area contributed by atoms with Crippen molar-refractivity contribution in [3.8, 4) is 56.4 Å². The summed E-state index contributed by atoms with van der Waals surface area (Å²) < 4.78 is 8.96. The van der Waals surface area contributed by atoms with Crippen molar-refractivity contribution in [2.75, 3.05) is 0 Å². The Balaban J connectivity index is 1.15. The van der Waals surface area contributed by atoms with Crippen LogP contribution in [0.4, 0.5) is 0 Å². The lowest BCUT2D eigenvalue weighted by Crippen LogP contribution is -2.01. The zero-order valence-corrected chi connectivity index (χ0v) is 29.7. The summed E-state index contributed by atoms with van der Waals surface area (Å²) in [4.78, 5) is 15.8. The zero-order valence-electron chi connectivity index (χ0n) is 28.9. The normalized spacial score (nSPS) is 11.7. The maximum atomic E-state index is 6.52. The van der Waals surface area contributed by atoms with Crippen molar-refractivity contribution in [3.05, 3.63) is 176 Å². The first kappa shape index (κ1) is 30.7. The van der Waals surface area contributed by atoms with Crippen LogP contribution in [-0.2, 0) is 0 Å². The predicted octanol–water partition coefficient (Wildman–Crippen LogP) is 13.6. The second-order valence-electron chi connectivity index (χ2n) is 13.6. The largest absolute Gasteiger partial charge is 0.456 e. The van der Waals surface area contributed by atoms with E-state index in [1.807, 2.05) is 24.3 Å². The van der Waals surface area contributed by atoms with Gasteiger partial charge in [0.25, 0.3) is 0 Å². The van der Waals surface area contributed by atoms with Gasteiger partial charge in [-0.15, -0.1) is 11.3 Å². The Morgan fingerprint density at radius 1 is 0.352 bits per heavy atom. The molecular formula is C49H29N3OS. The first-order valence-electron chi connectivity index (χ1n) is 18.0. The number of aromatic nitrogens is 3. The van der Waals surface area contributed by atoms with Crippen molar-refractivity contribution in [3.63, 3.8) is 0 Å². The van der Waals surface area contributed by atoms with Gasteiger partial charge in [0, 0.05) is 47.6 Å². The zero-order chi connectivity index (χ0) is 35.6. The molecule has 0 aliphatic carbocycles. The van der Waals surface area contributed by atoms with Crippen molar-refractivity contribution in [1.29, 1.82) is 0 Å². The fourth-order valence-electron chi connectivity index (χ4n) is 7.74. The second kappa shape index (κ2) is 12.3. The molecule has 252 valence electrons. The molecule has 4 nitrogen and oxygen atoms in total. The highest BCUT2D eigenvalue weighted by Crippen LogP contribution is 2.42. The van der Waals surface area contributed by atoms with Crippen molar-refractivity contribution in [2.24, 2.45) is 0 Å². The summed E-state index contributed by atoms with van der Waals surface area (Å²) in [6, 6.07) is 61.5. The van der Waals surface area contributed by atoms with Crippen LogP contribution in [0.2, 0.25) is 0 Å². The van der Waals surface area contributed by atoms with Gasteiger partial charge >= 0.3 is 0 Å². The van der Waals surface area contributed by atoms with Crippen molar-refractivity contribution in [2.45, 2.75) is 0 Å². The predicted molar refractivity (Wildman–Crippen MR) is 225 cm³/mol. The smallest absolute Gasteiger partial charge is 0.164 e. The van der Waals surface area contributed by atoms with E-state index in [1.165, 1.54) is 25.9 Å². The van der Waals surface area contributed by atoms with Crippen LogP contribution in [-0.4, -0.2) is 15.0 Å². The molecular weight excluding hydrogens is 679 g/mol. The number of para-hydroxylation sites is 1. The van der Waals surface area contributed by atoms with Gasteiger partial charge in [-0.05, 0) is 75.5 Å². The van der Waals surface area contributed by atoms with Gasteiger partial charge in [0.2, 0.25) is 0 Å². The van der Waals surface area contributed by atoms with Crippen molar-refractivity contribution in [1.82, 2.24) is 15.0 Å². The molecule has 11 aromatic rings. The lowest BCUT2D eigenvalue weighted by Gasteiger charge is -2.12. The topological polar surface area (TPSA) is 51.8 Å². The SMILES string of the molecule is c1ccc(-c2ccc3cc(-c4nc(-c5cc(-c6ccccc6)c6c(c5)oc5ccccc56)nc(-c5cccc6sc7ccccc7c56)n4)ccc3c2)cc1. The number of hydrogen-bond donors (Lipinski definition) is 0. The Morgan fingerprint density at radius 2 is 0.981 bits per heavy atom. The third-order valence-corrected chi connectivity index (χ3v) is 11.4. The Morgan fingerprint density at radius 3 is 1.80 bits per heavy atom. The van der Waals surface area contributed by atoms with Crippen LogP contribution in [0.1, 0.15) is 0 Å². The minimum atomic E-state index is 0.589. The maximum absolute atomic E-state index is 6.52. The standard InChI is InChI=1S/C49H29N3OS/c1-3-12-30(13-4-1)32-22-23-34-27-35(25-24-33(34)26-32)47-50-48(52-49(51-47)39-18-11-21-44-46(39)38-17-8-10-20-43(38)54-44)36-28-40(31-14-5-2-6-15-31)45-37-16-7-9-19-41(37)53-42(45)29-36/h1-29H. The van der Waals surface area contributed by atoms with E-state index in [4.69, 9.17) is 19.4 Å². The molecule has 0 fully saturated rings. The van der Waals surface area contributed by atoms with Crippen molar-refractivity contribution >= 4 is 64.2 Å². The molecule has 54 heavy (non-hydrogen) atoms. The van der Waals surface area contributed by atoms with E-state index in [-0.39, 0.29) is 0 Å². The molecule has 0 spiro atoms. The molecule has 0 atom stereocenters. The van der Waals surface area contributed by atoms with Gasteiger partial charge in [-0.1, -0.05) is 133 Å². The Labute approximate surface area is 314 Å². The minimum Gasteiger partial charge on any atom is -0.456 e. The number of fused-ring (bicyclic) bond motifs is 7. The van der Waals surface area contributed by atoms with Crippen LogP contribution in [0.5, 0.6) is 0 Å². The summed E-state index contributed by atoms with van der Waals surface area (Å²) in [5, 5.41) is 6.80. The number of thiophene rings is 1. The number of benzene rings is 8. The highest BCUT2D eigenvalue weighted by molar-refractivity contribution is 7.25. The van der Waals surface area contributed by atoms with Crippen LogP contribution in [0.15, 0.2) is 180 Å². The highest BCUT2D eigenvalue weighted by Gasteiger charge is 2.20. The first-order valence-corrected chi connectivity index (χ1v) is 18.8. The summed E-state index contributed by atoms with van der Waals surface area (Å²) in [6.07, 6.45) is 0. The average molecular weight is 708 g/mol. The fraction of sp³-hybridized carbons (Fsp3) is 0. The average Bonchev–Trinajstić information content (AvgIpc) is 3.82. The van der Waals surface area contributed by atoms with Crippen LogP contribution in [0.25, 0.3) is 109 Å². The molecule has 3 aromatic heterocycles. The van der Waals surface area contributed by atoms with E-state index in [9.17, 15) is 0 Å². The van der Waals surface area contributed by atoms with Crippen LogP contribution in [0.3, 0.4) is 0 Å². The van der Waals surface area contributed by atoms with E-state index in [0.29, 0.717) is 17.5 Å². The fourth-order valence-corrected chi connectivity index (χ4v) is 8.87. The summed E-state index contributed by atoms with van der Waals surface area (Å²) in [5.74, 6) is 1.84. The molecule has 0 saturated carbocycles. The van der Waals surface area contributed by atoms with Gasteiger partial charge in [-0.25, -0.2) is 15.0 Å². The van der Waals surface area contributed by atoms with Gasteiger partial charge in [-0.3, -0.25) is 0 Å². The number of nitrogens with zero attached hydrogens (tertiary/aromatic N) is 3. The molecule has 5 heteroatoms. The van der Waals surface area contributed by atoms with Gasteiger partial charge in [0.1, 0.15) is 11.2 Å². The third-order valence-electron chi connectivity index (χ3n) is 10.3. The quantitative estimate of drug-likeness (QED) is 0.179. The molecule has 0 saturated heterocycles. The van der Waals surface area contributed by atoms with Crippen LogP contribution >= 0.6 is 11.3 Å². The summed E-state index contributed by atoms with van der Waals surface area (Å²) in [6.45, 7) is 0. The first-order chi connectivity index (χ1) is 26.7. The molecule has 0 bridgehead atoms. The lowest BCUT2D eigenvalue weighted by atomic mass is 9.96. The monoisotopic (exact) mass is 707 g/mol. The second-order valence-corrected chi connectivity index (χ2v) is 14.7. The molecule has 0 unspecified atom stereocenters. The van der Waals surface area contributed by atoms with Gasteiger partial charge in [-0.2, -0.15) is 0 Å². The van der Waals surface area contributed by atoms with E-state index in [2.05, 4.69) is 152 Å². The maximum Gasteiger partial charge on any atom is 0.164 e. The molecule has 0 aliphatic heterocycles. The van der Waals surface area contributed by atoms with E-state index >= 15 is 0 Å². The van der Waals surface area contributed by atoms with E-state index in [0.717, 1.165) is 65.9 Å². The molecule has 8 aromatic carbocycles. The van der Waals surface area contributed by atoms with Crippen molar-refractivity contribution < 1.29 is 4.42 Å². The lowest BCUT2D eigenvalue weighted by molar-refractivity contribution is 0.669. The number of rotatable bonds is 5. The van der Waals surface area contributed by atoms with Gasteiger partial charge in [0.15, 0.2) is 17.5 Å². The summed E-state index contributed by atoms with van der Waals surface area (Å²) in [7, 11) is 0. The van der Waals surface area contributed by atoms with Gasteiger partial charge in [0.05, 0.1) is 0 Å². The molecule has 3 heterocycles. The number of furan rings is 1.